The van der Waals surface area contributed by atoms with Gasteiger partial charge in [0.1, 0.15) is 17.6 Å². The van der Waals surface area contributed by atoms with E-state index in [1.54, 1.807) is 6.07 Å². The molecular formula is C21H20FN5OS. The Morgan fingerprint density at radius 2 is 2.24 bits per heavy atom. The normalized spacial score (nSPS) is 25.6. The lowest BCUT2D eigenvalue weighted by atomic mass is 9.79. The van der Waals surface area contributed by atoms with E-state index in [9.17, 15) is 9.18 Å². The first-order valence-corrected chi connectivity index (χ1v) is 10.4. The van der Waals surface area contributed by atoms with Crippen LogP contribution in [-0.4, -0.2) is 21.8 Å². The number of hydrogen-bond acceptors (Lipinski definition) is 6. The molecule has 3 N–H and O–H groups in total. The van der Waals surface area contributed by atoms with E-state index in [0.717, 1.165) is 18.6 Å². The molecule has 1 aliphatic heterocycles. The van der Waals surface area contributed by atoms with Crippen LogP contribution in [0, 0.1) is 29.0 Å². The van der Waals surface area contributed by atoms with Gasteiger partial charge in [0.15, 0.2) is 5.17 Å². The van der Waals surface area contributed by atoms with Crippen LogP contribution in [0.5, 0.6) is 0 Å². The third-order valence-electron chi connectivity index (χ3n) is 5.82. The Balaban J connectivity index is 1.67. The van der Waals surface area contributed by atoms with Crippen LogP contribution in [0.4, 0.5) is 10.1 Å². The third-order valence-corrected chi connectivity index (χ3v) is 6.73. The highest BCUT2D eigenvalue weighted by Gasteiger charge is 2.51. The summed E-state index contributed by atoms with van der Waals surface area (Å²) in [4.78, 5) is 21.2. The van der Waals surface area contributed by atoms with Crippen molar-refractivity contribution in [1.29, 1.82) is 5.26 Å². The van der Waals surface area contributed by atoms with E-state index in [0.29, 0.717) is 27.9 Å². The first-order valence-electron chi connectivity index (χ1n) is 9.38. The molecular weight excluding hydrogens is 389 g/mol. The smallest absolute Gasteiger partial charge is 0.274 e. The molecule has 148 valence electrons. The second-order valence-electron chi connectivity index (χ2n) is 7.50. The van der Waals surface area contributed by atoms with Gasteiger partial charge in [-0.25, -0.2) is 9.37 Å². The number of carbonyl (C=O) groups is 1. The SMILES string of the molecule is C[C@H]1CC[C@]2(c3cc(NC(=O)c4ccc(C#N)cn4)ccc3F)N=C(N)SC[C@@H]12. The zero-order chi connectivity index (χ0) is 20.6. The Morgan fingerprint density at radius 1 is 1.41 bits per heavy atom. The highest BCUT2D eigenvalue weighted by molar-refractivity contribution is 8.13. The summed E-state index contributed by atoms with van der Waals surface area (Å²) in [5.41, 5.74) is 6.82. The number of fused-ring (bicyclic) bond motifs is 1. The minimum absolute atomic E-state index is 0.178. The lowest BCUT2D eigenvalue weighted by molar-refractivity contribution is 0.102. The fourth-order valence-corrected chi connectivity index (χ4v) is 5.45. The number of anilines is 1. The molecule has 2 heterocycles. The molecule has 1 amide bonds. The number of amidine groups is 1. The molecule has 0 saturated heterocycles. The van der Waals surface area contributed by atoms with Crippen LogP contribution in [0.25, 0.3) is 0 Å². The number of aromatic nitrogens is 1. The molecule has 8 heteroatoms. The summed E-state index contributed by atoms with van der Waals surface area (Å²) < 4.78 is 14.9. The number of nitrogens with zero attached hydrogens (tertiary/aromatic N) is 3. The number of aliphatic imine (C=N–C) groups is 1. The Morgan fingerprint density at radius 3 is 2.97 bits per heavy atom. The van der Waals surface area contributed by atoms with Crippen LogP contribution in [-0.2, 0) is 5.54 Å². The van der Waals surface area contributed by atoms with E-state index in [2.05, 4.69) is 17.2 Å². The van der Waals surface area contributed by atoms with Crippen LogP contribution < -0.4 is 11.1 Å². The van der Waals surface area contributed by atoms with Crippen LogP contribution in [0.15, 0.2) is 41.5 Å². The number of carbonyl (C=O) groups excluding carboxylic acids is 1. The molecule has 1 aliphatic carbocycles. The molecule has 0 bridgehead atoms. The van der Waals surface area contributed by atoms with Gasteiger partial charge >= 0.3 is 0 Å². The molecule has 0 spiro atoms. The van der Waals surface area contributed by atoms with E-state index in [4.69, 9.17) is 16.0 Å². The molecule has 1 aromatic heterocycles. The number of benzene rings is 1. The Hall–Kier alpha value is -2.92. The Kier molecular flexibility index (Phi) is 5.01. The van der Waals surface area contributed by atoms with Gasteiger partial charge in [0.05, 0.1) is 11.1 Å². The number of rotatable bonds is 3. The largest absolute Gasteiger partial charge is 0.379 e. The van der Waals surface area contributed by atoms with Crippen LogP contribution in [0.2, 0.25) is 0 Å². The maximum atomic E-state index is 14.9. The summed E-state index contributed by atoms with van der Waals surface area (Å²) in [7, 11) is 0. The fourth-order valence-electron chi connectivity index (χ4n) is 4.27. The standard InChI is InChI=1S/C21H20FN5OS/c1-12-6-7-21(16(12)11-29-20(24)27-21)15-8-14(3-4-17(15)22)26-19(28)18-5-2-13(9-23)10-25-18/h2-5,8,10,12,16H,6-7,11H2,1H3,(H2,24,27)(H,26,28)/t12-,16-,21+/m0/s1. The maximum Gasteiger partial charge on any atom is 0.274 e. The van der Waals surface area contributed by atoms with Crippen LogP contribution >= 0.6 is 11.8 Å². The predicted octanol–water partition coefficient (Wildman–Crippen LogP) is 3.65. The number of hydrogen-bond donors (Lipinski definition) is 2. The zero-order valence-electron chi connectivity index (χ0n) is 15.9. The summed E-state index contributed by atoms with van der Waals surface area (Å²) in [6, 6.07) is 9.51. The molecule has 2 aliphatic rings. The zero-order valence-corrected chi connectivity index (χ0v) is 16.7. The van der Waals surface area contributed by atoms with Crippen molar-refractivity contribution >= 4 is 28.5 Å². The number of nitrogens with one attached hydrogen (secondary N) is 1. The first-order chi connectivity index (χ1) is 13.9. The number of nitriles is 1. The lowest BCUT2D eigenvalue weighted by Crippen LogP contribution is -2.39. The number of nitrogens with two attached hydrogens (primary N) is 1. The highest BCUT2D eigenvalue weighted by atomic mass is 32.2. The molecule has 29 heavy (non-hydrogen) atoms. The quantitative estimate of drug-likeness (QED) is 0.805. The van der Waals surface area contributed by atoms with Crippen molar-refractivity contribution in [3.8, 4) is 6.07 Å². The average molecular weight is 409 g/mol. The number of halogens is 1. The van der Waals surface area contributed by atoms with Crippen molar-refractivity contribution in [1.82, 2.24) is 4.98 Å². The third kappa shape index (κ3) is 3.47. The lowest BCUT2D eigenvalue weighted by Gasteiger charge is -2.37. The molecule has 3 atom stereocenters. The molecule has 0 unspecified atom stereocenters. The fraction of sp³-hybridized carbons (Fsp3) is 0.333. The average Bonchev–Trinajstić information content (AvgIpc) is 3.06. The summed E-state index contributed by atoms with van der Waals surface area (Å²) in [5, 5.41) is 12.1. The van der Waals surface area contributed by atoms with E-state index >= 15 is 0 Å². The van der Waals surface area contributed by atoms with E-state index < -0.39 is 11.4 Å². The minimum atomic E-state index is -0.688. The van der Waals surface area contributed by atoms with E-state index in [-0.39, 0.29) is 17.4 Å². The van der Waals surface area contributed by atoms with Gasteiger partial charge in [-0.1, -0.05) is 18.7 Å². The van der Waals surface area contributed by atoms with Gasteiger partial charge in [0.25, 0.3) is 5.91 Å². The summed E-state index contributed by atoms with van der Waals surface area (Å²) >= 11 is 1.52. The van der Waals surface area contributed by atoms with Crippen molar-refractivity contribution in [2.45, 2.75) is 25.3 Å². The van der Waals surface area contributed by atoms with Gasteiger partial charge < -0.3 is 11.1 Å². The van der Waals surface area contributed by atoms with Gasteiger partial charge in [-0.2, -0.15) is 5.26 Å². The Bertz CT molecular complexity index is 1030. The first kappa shape index (κ1) is 19.4. The van der Waals surface area contributed by atoms with Gasteiger partial charge in [0, 0.05) is 29.1 Å². The van der Waals surface area contributed by atoms with Gasteiger partial charge in [0.2, 0.25) is 0 Å². The highest BCUT2D eigenvalue weighted by Crippen LogP contribution is 2.54. The summed E-state index contributed by atoms with van der Waals surface area (Å²) in [5.74, 6) is 0.646. The monoisotopic (exact) mass is 409 g/mol. The topological polar surface area (TPSA) is 104 Å². The van der Waals surface area contributed by atoms with Crippen molar-refractivity contribution in [2.24, 2.45) is 22.6 Å². The number of amides is 1. The minimum Gasteiger partial charge on any atom is -0.379 e. The van der Waals surface area contributed by atoms with Crippen molar-refractivity contribution in [3.05, 3.63) is 59.2 Å². The molecule has 6 nitrogen and oxygen atoms in total. The van der Waals surface area contributed by atoms with Gasteiger partial charge in [-0.05, 0) is 49.1 Å². The molecule has 0 radical (unpaired) electrons. The number of thioether (sulfide) groups is 1. The second kappa shape index (κ2) is 7.48. The van der Waals surface area contributed by atoms with E-state index in [1.807, 2.05) is 6.07 Å². The van der Waals surface area contributed by atoms with Crippen LogP contribution in [0.1, 0.15) is 41.4 Å². The maximum absolute atomic E-state index is 14.9. The molecule has 4 rings (SSSR count). The Labute approximate surface area is 172 Å². The van der Waals surface area contributed by atoms with Crippen LogP contribution in [0.3, 0.4) is 0 Å². The second-order valence-corrected chi connectivity index (χ2v) is 8.54. The van der Waals surface area contributed by atoms with Gasteiger partial charge in [-0.15, -0.1) is 0 Å². The summed E-state index contributed by atoms with van der Waals surface area (Å²) in [6.07, 6.45) is 3.02. The van der Waals surface area contributed by atoms with Gasteiger partial charge in [-0.3, -0.25) is 9.79 Å². The van der Waals surface area contributed by atoms with Crippen molar-refractivity contribution in [2.75, 3.05) is 11.1 Å². The molecule has 1 fully saturated rings. The number of pyridine rings is 1. The molecule has 1 aromatic carbocycles. The molecule has 1 saturated carbocycles. The summed E-state index contributed by atoms with van der Waals surface area (Å²) in [6.45, 7) is 2.17. The molecule has 2 aromatic rings. The van der Waals surface area contributed by atoms with E-state index in [1.165, 1.54) is 42.2 Å². The predicted molar refractivity (Wildman–Crippen MR) is 111 cm³/mol. The van der Waals surface area contributed by atoms with Crippen molar-refractivity contribution < 1.29 is 9.18 Å². The van der Waals surface area contributed by atoms with Crippen molar-refractivity contribution in [3.63, 3.8) is 0 Å².